The molecular weight excluding hydrogens is 172 g/mol. The van der Waals surface area contributed by atoms with Gasteiger partial charge in [-0.2, -0.15) is 0 Å². The zero-order chi connectivity index (χ0) is 8.55. The maximum absolute atomic E-state index is 4.94. The van der Waals surface area contributed by atoms with E-state index in [0.717, 1.165) is 16.9 Å². The van der Waals surface area contributed by atoms with Gasteiger partial charge in [-0.15, -0.1) is 0 Å². The quantitative estimate of drug-likeness (QED) is 0.585. The van der Waals surface area contributed by atoms with Crippen LogP contribution < -0.4 is 5.32 Å². The third-order valence-electron chi connectivity index (χ3n) is 1.68. The highest BCUT2D eigenvalue weighted by molar-refractivity contribution is 7.71. The molecule has 0 saturated carbocycles. The van der Waals surface area contributed by atoms with Crippen molar-refractivity contribution in [3.63, 3.8) is 0 Å². The van der Waals surface area contributed by atoms with Crippen LogP contribution in [0.1, 0.15) is 0 Å². The zero-order valence-corrected chi connectivity index (χ0v) is 7.33. The Kier molecular flexibility index (Phi) is 1.58. The zero-order valence-electron chi connectivity index (χ0n) is 6.51. The summed E-state index contributed by atoms with van der Waals surface area (Å²) >= 11 is 4.94. The van der Waals surface area contributed by atoms with Gasteiger partial charge in [0.25, 0.3) is 0 Å². The van der Waals surface area contributed by atoms with Crippen LogP contribution in [0.25, 0.3) is 11.0 Å². The topological polar surface area (TPSA) is 56.5 Å². The maximum atomic E-state index is 4.94. The van der Waals surface area contributed by atoms with Crippen molar-refractivity contribution in [2.75, 3.05) is 12.4 Å². The molecule has 2 heterocycles. The lowest BCUT2D eigenvalue weighted by Crippen LogP contribution is -1.95. The molecule has 0 radical (unpaired) electrons. The number of hydrogen-bond acceptors (Lipinski definition) is 3. The van der Waals surface area contributed by atoms with Crippen LogP contribution in [0.2, 0.25) is 0 Å². The number of H-pyrrole nitrogens is 2. The summed E-state index contributed by atoms with van der Waals surface area (Å²) in [5, 5.41) is 2.97. The Labute approximate surface area is 74.0 Å². The summed E-state index contributed by atoms with van der Waals surface area (Å²) in [7, 11) is 1.82. The molecule has 0 amide bonds. The highest BCUT2D eigenvalue weighted by Gasteiger charge is 2.00. The van der Waals surface area contributed by atoms with E-state index in [1.807, 2.05) is 19.3 Å². The molecule has 0 atom stereocenters. The van der Waals surface area contributed by atoms with Crippen LogP contribution in [-0.4, -0.2) is 22.0 Å². The van der Waals surface area contributed by atoms with Crippen LogP contribution in [0.4, 0.5) is 5.82 Å². The Hall–Kier alpha value is -1.36. The van der Waals surface area contributed by atoms with Gasteiger partial charge in [0.15, 0.2) is 10.6 Å². The van der Waals surface area contributed by atoms with E-state index in [4.69, 9.17) is 12.2 Å². The van der Waals surface area contributed by atoms with Gasteiger partial charge < -0.3 is 15.3 Å². The van der Waals surface area contributed by atoms with Crippen LogP contribution in [0.3, 0.4) is 0 Å². The standard InChI is InChI=1S/C7H8N4S/c1-8-6-5-4(2-3-9-5)10-7(12)11-6/h2-3,9H,1H3,(H2,8,10,11,12). The summed E-state index contributed by atoms with van der Waals surface area (Å²) in [5.74, 6) is 0.777. The fourth-order valence-electron chi connectivity index (χ4n) is 1.15. The molecule has 0 fully saturated rings. The van der Waals surface area contributed by atoms with E-state index in [9.17, 15) is 0 Å². The van der Waals surface area contributed by atoms with Crippen molar-refractivity contribution >= 4 is 29.1 Å². The van der Waals surface area contributed by atoms with Crippen molar-refractivity contribution in [2.24, 2.45) is 0 Å². The Morgan fingerprint density at radius 1 is 1.58 bits per heavy atom. The SMILES string of the molecule is CNc1nc(=S)[nH]c2cc[nH]c12. The fraction of sp³-hybridized carbons (Fsp3) is 0.143. The first kappa shape index (κ1) is 7.30. The van der Waals surface area contributed by atoms with E-state index in [-0.39, 0.29) is 0 Å². The Balaban J connectivity index is 2.89. The molecule has 0 aliphatic rings. The van der Waals surface area contributed by atoms with Crippen LogP contribution in [0.15, 0.2) is 12.3 Å². The van der Waals surface area contributed by atoms with Gasteiger partial charge in [-0.3, -0.25) is 0 Å². The number of nitrogens with one attached hydrogen (secondary N) is 3. The van der Waals surface area contributed by atoms with Crippen molar-refractivity contribution in [3.05, 3.63) is 17.0 Å². The second kappa shape index (κ2) is 2.60. The van der Waals surface area contributed by atoms with Crippen molar-refractivity contribution in [2.45, 2.75) is 0 Å². The molecule has 2 rings (SSSR count). The van der Waals surface area contributed by atoms with Crippen LogP contribution in [0, 0.1) is 4.77 Å². The minimum Gasteiger partial charge on any atom is -0.371 e. The Morgan fingerprint density at radius 3 is 3.17 bits per heavy atom. The average molecular weight is 180 g/mol. The van der Waals surface area contributed by atoms with E-state index >= 15 is 0 Å². The molecule has 5 heteroatoms. The molecule has 0 saturated heterocycles. The van der Waals surface area contributed by atoms with E-state index in [0.29, 0.717) is 4.77 Å². The molecule has 0 unspecified atom stereocenters. The second-order valence-electron chi connectivity index (χ2n) is 2.41. The molecular formula is C7H8N4S. The normalized spacial score (nSPS) is 10.4. The van der Waals surface area contributed by atoms with Crippen LogP contribution in [-0.2, 0) is 0 Å². The molecule has 62 valence electrons. The van der Waals surface area contributed by atoms with E-state index < -0.39 is 0 Å². The number of aromatic amines is 2. The van der Waals surface area contributed by atoms with Gasteiger partial charge in [0.2, 0.25) is 0 Å². The lowest BCUT2D eigenvalue weighted by Gasteiger charge is -1.99. The van der Waals surface area contributed by atoms with Crippen molar-refractivity contribution in [3.8, 4) is 0 Å². The van der Waals surface area contributed by atoms with E-state index in [2.05, 4.69) is 20.3 Å². The summed E-state index contributed by atoms with van der Waals surface area (Å²) < 4.78 is 0.492. The number of fused-ring (bicyclic) bond motifs is 1. The third kappa shape index (κ3) is 0.984. The molecule has 12 heavy (non-hydrogen) atoms. The molecule has 4 nitrogen and oxygen atoms in total. The molecule has 3 N–H and O–H groups in total. The fourth-order valence-corrected chi connectivity index (χ4v) is 1.35. The van der Waals surface area contributed by atoms with Crippen molar-refractivity contribution in [1.82, 2.24) is 15.0 Å². The van der Waals surface area contributed by atoms with Gasteiger partial charge in [0, 0.05) is 13.2 Å². The number of hydrogen-bond donors (Lipinski definition) is 3. The van der Waals surface area contributed by atoms with Gasteiger partial charge in [-0.05, 0) is 18.3 Å². The third-order valence-corrected chi connectivity index (χ3v) is 1.87. The minimum absolute atomic E-state index is 0.492. The monoisotopic (exact) mass is 180 g/mol. The molecule has 0 aliphatic carbocycles. The first-order chi connectivity index (χ1) is 5.81. The largest absolute Gasteiger partial charge is 0.371 e. The van der Waals surface area contributed by atoms with Gasteiger partial charge in [-0.1, -0.05) is 0 Å². The lowest BCUT2D eigenvalue weighted by atomic mass is 10.4. The average Bonchev–Trinajstić information content (AvgIpc) is 2.50. The molecule has 2 aromatic rings. The van der Waals surface area contributed by atoms with E-state index in [1.54, 1.807) is 0 Å². The molecule has 2 aromatic heterocycles. The smallest absolute Gasteiger partial charge is 0.199 e. The molecule has 0 bridgehead atoms. The summed E-state index contributed by atoms with van der Waals surface area (Å²) in [6.07, 6.45) is 1.85. The summed E-state index contributed by atoms with van der Waals surface area (Å²) in [6, 6.07) is 1.92. The maximum Gasteiger partial charge on any atom is 0.199 e. The van der Waals surface area contributed by atoms with Gasteiger partial charge in [-0.25, -0.2) is 4.98 Å². The predicted octanol–water partition coefficient (Wildman–Crippen LogP) is 1.66. The highest BCUT2D eigenvalue weighted by atomic mass is 32.1. The Morgan fingerprint density at radius 2 is 2.42 bits per heavy atom. The molecule has 0 aromatic carbocycles. The van der Waals surface area contributed by atoms with Gasteiger partial charge in [0.1, 0.15) is 5.52 Å². The summed E-state index contributed by atoms with van der Waals surface area (Å²) in [5.41, 5.74) is 1.92. The highest BCUT2D eigenvalue weighted by Crippen LogP contribution is 2.15. The van der Waals surface area contributed by atoms with Crippen LogP contribution in [0.5, 0.6) is 0 Å². The summed E-state index contributed by atoms with van der Waals surface area (Å²) in [4.78, 5) is 10.1. The first-order valence-electron chi connectivity index (χ1n) is 3.56. The number of nitrogens with zero attached hydrogens (tertiary/aromatic N) is 1. The Bertz CT molecular complexity index is 456. The van der Waals surface area contributed by atoms with Crippen molar-refractivity contribution < 1.29 is 0 Å². The number of anilines is 1. The number of rotatable bonds is 1. The lowest BCUT2D eigenvalue weighted by molar-refractivity contribution is 1.17. The minimum atomic E-state index is 0.492. The number of aromatic nitrogens is 3. The van der Waals surface area contributed by atoms with Crippen molar-refractivity contribution in [1.29, 1.82) is 0 Å². The predicted molar refractivity (Wildman–Crippen MR) is 50.8 cm³/mol. The second-order valence-corrected chi connectivity index (χ2v) is 2.79. The molecule has 0 aliphatic heterocycles. The van der Waals surface area contributed by atoms with E-state index in [1.165, 1.54) is 0 Å². The first-order valence-corrected chi connectivity index (χ1v) is 3.97. The van der Waals surface area contributed by atoms with Gasteiger partial charge in [0.05, 0.1) is 5.52 Å². The molecule has 0 spiro atoms. The summed E-state index contributed by atoms with van der Waals surface area (Å²) in [6.45, 7) is 0. The van der Waals surface area contributed by atoms with Gasteiger partial charge >= 0.3 is 0 Å². The van der Waals surface area contributed by atoms with Crippen LogP contribution >= 0.6 is 12.2 Å².